The molecule has 0 aromatic heterocycles. The lowest BCUT2D eigenvalue weighted by atomic mass is 10.3. The lowest BCUT2D eigenvalue weighted by Crippen LogP contribution is -2.27. The van der Waals surface area contributed by atoms with E-state index in [0.29, 0.717) is 19.4 Å². The van der Waals surface area contributed by atoms with Crippen molar-refractivity contribution in [1.82, 2.24) is 4.90 Å². The second-order valence-electron chi connectivity index (χ2n) is 3.78. The molecular formula is C13H15BrN2OS. The van der Waals surface area contributed by atoms with Crippen LogP contribution in [-0.2, 0) is 4.79 Å². The van der Waals surface area contributed by atoms with Gasteiger partial charge in [0.2, 0.25) is 5.91 Å². The van der Waals surface area contributed by atoms with Gasteiger partial charge in [-0.2, -0.15) is 5.26 Å². The molecule has 0 bridgehead atoms. The smallest absolute Gasteiger partial charge is 0.223 e. The third-order valence-electron chi connectivity index (χ3n) is 2.38. The van der Waals surface area contributed by atoms with Crippen molar-refractivity contribution in [2.24, 2.45) is 0 Å². The summed E-state index contributed by atoms with van der Waals surface area (Å²) in [7, 11) is 1.74. The molecule has 18 heavy (non-hydrogen) atoms. The Balaban J connectivity index is 2.27. The molecule has 1 amide bonds. The Kier molecular flexibility index (Phi) is 6.84. The van der Waals surface area contributed by atoms with E-state index >= 15 is 0 Å². The fourth-order valence-electron chi connectivity index (χ4n) is 1.32. The van der Waals surface area contributed by atoms with Gasteiger partial charge >= 0.3 is 0 Å². The van der Waals surface area contributed by atoms with E-state index in [1.54, 1.807) is 23.7 Å². The van der Waals surface area contributed by atoms with Gasteiger partial charge in [-0.3, -0.25) is 4.79 Å². The maximum atomic E-state index is 11.7. The number of benzene rings is 1. The van der Waals surface area contributed by atoms with Crippen molar-refractivity contribution >= 4 is 33.6 Å². The van der Waals surface area contributed by atoms with E-state index < -0.39 is 0 Å². The van der Waals surface area contributed by atoms with Gasteiger partial charge in [0.15, 0.2) is 0 Å². The minimum atomic E-state index is 0.0925. The molecule has 3 nitrogen and oxygen atoms in total. The Labute approximate surface area is 120 Å². The van der Waals surface area contributed by atoms with Crippen molar-refractivity contribution in [2.75, 3.05) is 19.3 Å². The highest BCUT2D eigenvalue weighted by molar-refractivity contribution is 9.10. The molecule has 0 fully saturated rings. The highest BCUT2D eigenvalue weighted by Crippen LogP contribution is 2.21. The fourth-order valence-corrected chi connectivity index (χ4v) is 2.43. The Morgan fingerprint density at radius 1 is 1.44 bits per heavy atom. The molecule has 1 aromatic carbocycles. The van der Waals surface area contributed by atoms with Gasteiger partial charge in [-0.1, -0.05) is 15.9 Å². The number of thioether (sulfide) groups is 1. The first kappa shape index (κ1) is 15.1. The van der Waals surface area contributed by atoms with Crippen LogP contribution in [0.1, 0.15) is 12.8 Å². The molecular weight excluding hydrogens is 312 g/mol. The molecule has 0 atom stereocenters. The molecule has 0 saturated heterocycles. The molecule has 0 heterocycles. The summed E-state index contributed by atoms with van der Waals surface area (Å²) in [5, 5.41) is 8.45. The number of nitriles is 1. The van der Waals surface area contributed by atoms with Crippen LogP contribution < -0.4 is 0 Å². The second kappa shape index (κ2) is 8.17. The first-order valence-corrected chi connectivity index (χ1v) is 7.40. The standard InChI is InChI=1S/C13H15BrN2OS/c1-16(9-2-8-15)13(17)7-10-18-12-5-3-11(14)4-6-12/h3-6H,2,7,9-10H2,1H3. The van der Waals surface area contributed by atoms with Gasteiger partial charge in [0.05, 0.1) is 12.5 Å². The van der Waals surface area contributed by atoms with Crippen LogP contribution in [0.2, 0.25) is 0 Å². The molecule has 0 saturated carbocycles. The molecule has 96 valence electrons. The van der Waals surface area contributed by atoms with E-state index in [0.717, 1.165) is 15.1 Å². The lowest BCUT2D eigenvalue weighted by Gasteiger charge is -2.14. The number of hydrogen-bond acceptors (Lipinski definition) is 3. The summed E-state index contributed by atoms with van der Waals surface area (Å²) >= 11 is 5.05. The number of carbonyl (C=O) groups excluding carboxylic acids is 1. The molecule has 5 heteroatoms. The van der Waals surface area contributed by atoms with E-state index in [1.807, 2.05) is 30.3 Å². The quantitative estimate of drug-likeness (QED) is 0.753. The number of nitrogens with zero attached hydrogens (tertiary/aromatic N) is 2. The van der Waals surface area contributed by atoms with Gasteiger partial charge in [0, 0.05) is 35.1 Å². The summed E-state index contributed by atoms with van der Waals surface area (Å²) in [5.74, 6) is 0.854. The van der Waals surface area contributed by atoms with Crippen LogP contribution in [-0.4, -0.2) is 30.2 Å². The van der Waals surface area contributed by atoms with Crippen LogP contribution in [0.5, 0.6) is 0 Å². The molecule has 0 spiro atoms. The zero-order valence-corrected chi connectivity index (χ0v) is 12.6. The highest BCUT2D eigenvalue weighted by Gasteiger charge is 2.07. The summed E-state index contributed by atoms with van der Waals surface area (Å²) in [4.78, 5) is 14.5. The SMILES string of the molecule is CN(CCC#N)C(=O)CCSc1ccc(Br)cc1. The van der Waals surface area contributed by atoms with Crippen LogP contribution >= 0.6 is 27.7 Å². The van der Waals surface area contributed by atoms with Gasteiger partial charge in [-0.15, -0.1) is 11.8 Å². The molecule has 0 radical (unpaired) electrons. The Hall–Kier alpha value is -0.990. The third kappa shape index (κ3) is 5.56. The van der Waals surface area contributed by atoms with E-state index in [-0.39, 0.29) is 5.91 Å². The van der Waals surface area contributed by atoms with Crippen LogP contribution in [0.3, 0.4) is 0 Å². The maximum Gasteiger partial charge on any atom is 0.223 e. The molecule has 0 aliphatic heterocycles. The third-order valence-corrected chi connectivity index (χ3v) is 3.93. The van der Waals surface area contributed by atoms with Gasteiger partial charge in [-0.05, 0) is 24.3 Å². The van der Waals surface area contributed by atoms with Crippen molar-refractivity contribution in [3.8, 4) is 6.07 Å². The van der Waals surface area contributed by atoms with E-state index in [4.69, 9.17) is 5.26 Å². The average Bonchev–Trinajstić information content (AvgIpc) is 2.38. The van der Waals surface area contributed by atoms with Crippen molar-refractivity contribution in [2.45, 2.75) is 17.7 Å². The lowest BCUT2D eigenvalue weighted by molar-refractivity contribution is -0.129. The van der Waals surface area contributed by atoms with Gasteiger partial charge in [-0.25, -0.2) is 0 Å². The number of carbonyl (C=O) groups is 1. The minimum Gasteiger partial charge on any atom is -0.345 e. The van der Waals surface area contributed by atoms with Crippen molar-refractivity contribution in [3.63, 3.8) is 0 Å². The predicted molar refractivity (Wildman–Crippen MR) is 77.4 cm³/mol. The van der Waals surface area contributed by atoms with Crippen LogP contribution in [0.4, 0.5) is 0 Å². The average molecular weight is 327 g/mol. The summed E-state index contributed by atoms with van der Waals surface area (Å²) in [5.41, 5.74) is 0. The summed E-state index contributed by atoms with van der Waals surface area (Å²) in [6.07, 6.45) is 0.894. The van der Waals surface area contributed by atoms with Crippen molar-refractivity contribution < 1.29 is 4.79 Å². The normalized spacial score (nSPS) is 9.83. The first-order valence-electron chi connectivity index (χ1n) is 5.63. The zero-order chi connectivity index (χ0) is 13.4. The second-order valence-corrected chi connectivity index (χ2v) is 5.86. The minimum absolute atomic E-state index is 0.0925. The number of halogens is 1. The number of hydrogen-bond donors (Lipinski definition) is 0. The molecule has 0 aliphatic rings. The molecule has 0 aliphatic carbocycles. The predicted octanol–water partition coefficient (Wildman–Crippen LogP) is 3.30. The van der Waals surface area contributed by atoms with Gasteiger partial charge in [0.25, 0.3) is 0 Å². The molecule has 0 unspecified atom stereocenters. The molecule has 1 aromatic rings. The monoisotopic (exact) mass is 326 g/mol. The number of rotatable bonds is 6. The van der Waals surface area contributed by atoms with Gasteiger partial charge in [0.1, 0.15) is 0 Å². The Morgan fingerprint density at radius 3 is 2.72 bits per heavy atom. The van der Waals surface area contributed by atoms with Gasteiger partial charge < -0.3 is 4.90 Å². The molecule has 0 N–H and O–H groups in total. The van der Waals surface area contributed by atoms with E-state index in [9.17, 15) is 4.79 Å². The first-order chi connectivity index (χ1) is 8.63. The van der Waals surface area contributed by atoms with E-state index in [1.165, 1.54) is 0 Å². The summed E-state index contributed by atoms with van der Waals surface area (Å²) < 4.78 is 1.05. The zero-order valence-electron chi connectivity index (χ0n) is 10.2. The maximum absolute atomic E-state index is 11.7. The highest BCUT2D eigenvalue weighted by atomic mass is 79.9. The summed E-state index contributed by atoms with van der Waals surface area (Å²) in [6.45, 7) is 0.512. The molecule has 1 rings (SSSR count). The summed E-state index contributed by atoms with van der Waals surface area (Å²) in [6, 6.07) is 10.1. The van der Waals surface area contributed by atoms with Crippen LogP contribution in [0.15, 0.2) is 33.6 Å². The van der Waals surface area contributed by atoms with Crippen molar-refractivity contribution in [3.05, 3.63) is 28.7 Å². The topological polar surface area (TPSA) is 44.1 Å². The Bertz CT molecular complexity index is 428. The van der Waals surface area contributed by atoms with Crippen LogP contribution in [0, 0.1) is 11.3 Å². The fraction of sp³-hybridized carbons (Fsp3) is 0.385. The Morgan fingerprint density at radius 2 is 2.11 bits per heavy atom. The van der Waals surface area contributed by atoms with Crippen molar-refractivity contribution in [1.29, 1.82) is 5.26 Å². The largest absolute Gasteiger partial charge is 0.345 e. The van der Waals surface area contributed by atoms with Crippen LogP contribution in [0.25, 0.3) is 0 Å². The number of amides is 1. The van der Waals surface area contributed by atoms with E-state index in [2.05, 4.69) is 15.9 Å².